The fourth-order valence-corrected chi connectivity index (χ4v) is 1.86. The summed E-state index contributed by atoms with van der Waals surface area (Å²) in [6, 6.07) is 0. The lowest BCUT2D eigenvalue weighted by Gasteiger charge is -2.29. The van der Waals surface area contributed by atoms with Gasteiger partial charge in [0.2, 0.25) is 15.9 Å². The molecule has 0 saturated heterocycles. The third-order valence-electron chi connectivity index (χ3n) is 2.11. The highest BCUT2D eigenvalue weighted by Gasteiger charge is 2.34. The molecule has 1 amide bonds. The lowest BCUT2D eigenvalue weighted by Crippen LogP contribution is -2.50. The van der Waals surface area contributed by atoms with E-state index in [0.29, 0.717) is 0 Å². The van der Waals surface area contributed by atoms with Crippen LogP contribution in [0.25, 0.3) is 0 Å². The van der Waals surface area contributed by atoms with Gasteiger partial charge < -0.3 is 5.73 Å². The zero-order valence-corrected chi connectivity index (χ0v) is 9.41. The molecular formula is C9H14N2O3S. The van der Waals surface area contributed by atoms with Crippen LogP contribution in [-0.4, -0.2) is 26.1 Å². The Morgan fingerprint density at radius 2 is 2.07 bits per heavy atom. The van der Waals surface area contributed by atoms with E-state index in [9.17, 15) is 13.2 Å². The highest BCUT2D eigenvalue weighted by Crippen LogP contribution is 2.21. The third kappa shape index (κ3) is 3.17. The first-order valence-electron chi connectivity index (χ1n) is 4.39. The average Bonchev–Trinajstić information content (AvgIpc) is 1.99. The summed E-state index contributed by atoms with van der Waals surface area (Å²) < 4.78 is 23.7. The minimum Gasteiger partial charge on any atom is -0.321 e. The maximum absolute atomic E-state index is 11.6. The molecule has 1 aliphatic carbocycles. The summed E-state index contributed by atoms with van der Waals surface area (Å²) in [6.45, 7) is 1.67. The lowest BCUT2D eigenvalue weighted by molar-refractivity contribution is -0.122. The Bertz CT molecular complexity index is 421. The SMILES string of the molecule is CC1(N)C=CC=CC1C(=O)NS(C)(=O)=O. The molecule has 0 aromatic rings. The Labute approximate surface area is 89.1 Å². The number of carbonyl (C=O) groups is 1. The van der Waals surface area contributed by atoms with Gasteiger partial charge in [0, 0.05) is 5.54 Å². The second-order valence-corrected chi connectivity index (χ2v) is 5.57. The summed E-state index contributed by atoms with van der Waals surface area (Å²) in [7, 11) is -3.54. The number of sulfonamides is 1. The number of hydrogen-bond donors (Lipinski definition) is 2. The van der Waals surface area contributed by atoms with E-state index in [2.05, 4.69) is 0 Å². The summed E-state index contributed by atoms with van der Waals surface area (Å²) in [5.74, 6) is -1.28. The Morgan fingerprint density at radius 3 is 2.53 bits per heavy atom. The van der Waals surface area contributed by atoms with Gasteiger partial charge in [-0.05, 0) is 6.92 Å². The molecule has 0 aromatic carbocycles. The van der Waals surface area contributed by atoms with Gasteiger partial charge in [0.15, 0.2) is 0 Å². The Kier molecular flexibility index (Phi) is 3.01. The average molecular weight is 230 g/mol. The van der Waals surface area contributed by atoms with Crippen LogP contribution in [0, 0.1) is 5.92 Å². The van der Waals surface area contributed by atoms with Crippen LogP contribution in [-0.2, 0) is 14.8 Å². The molecule has 0 radical (unpaired) electrons. The van der Waals surface area contributed by atoms with E-state index >= 15 is 0 Å². The predicted molar refractivity (Wildman–Crippen MR) is 57.3 cm³/mol. The maximum Gasteiger partial charge on any atom is 0.242 e. The van der Waals surface area contributed by atoms with E-state index in [1.807, 2.05) is 4.72 Å². The zero-order chi connectivity index (χ0) is 11.7. The van der Waals surface area contributed by atoms with E-state index in [0.717, 1.165) is 6.26 Å². The van der Waals surface area contributed by atoms with Gasteiger partial charge in [0.1, 0.15) is 0 Å². The summed E-state index contributed by atoms with van der Waals surface area (Å²) in [6.07, 6.45) is 7.58. The second kappa shape index (κ2) is 3.79. The molecule has 0 aliphatic heterocycles. The summed E-state index contributed by atoms with van der Waals surface area (Å²) in [5.41, 5.74) is 4.99. The van der Waals surface area contributed by atoms with Crippen LogP contribution < -0.4 is 10.5 Å². The van der Waals surface area contributed by atoms with Crippen molar-refractivity contribution < 1.29 is 13.2 Å². The molecule has 0 fully saturated rings. The van der Waals surface area contributed by atoms with Crippen molar-refractivity contribution in [3.05, 3.63) is 24.3 Å². The summed E-state index contributed by atoms with van der Waals surface area (Å²) in [4.78, 5) is 11.6. The van der Waals surface area contributed by atoms with Crippen LogP contribution in [0.4, 0.5) is 0 Å². The molecular weight excluding hydrogens is 216 g/mol. The van der Waals surface area contributed by atoms with E-state index in [4.69, 9.17) is 5.73 Å². The molecule has 1 aliphatic rings. The van der Waals surface area contributed by atoms with E-state index in [1.54, 1.807) is 31.2 Å². The number of hydrogen-bond acceptors (Lipinski definition) is 4. The second-order valence-electron chi connectivity index (χ2n) is 3.83. The molecule has 15 heavy (non-hydrogen) atoms. The number of carbonyl (C=O) groups excluding carboxylic acids is 1. The Hall–Kier alpha value is -1.14. The quantitative estimate of drug-likeness (QED) is 0.670. The fourth-order valence-electron chi connectivity index (χ4n) is 1.37. The van der Waals surface area contributed by atoms with Crippen molar-refractivity contribution in [3.63, 3.8) is 0 Å². The van der Waals surface area contributed by atoms with Gasteiger partial charge in [0.05, 0.1) is 12.2 Å². The van der Waals surface area contributed by atoms with Crippen LogP contribution in [0.3, 0.4) is 0 Å². The molecule has 3 N–H and O–H groups in total. The molecule has 0 heterocycles. The zero-order valence-electron chi connectivity index (χ0n) is 8.60. The van der Waals surface area contributed by atoms with Gasteiger partial charge >= 0.3 is 0 Å². The Balaban J connectivity index is 2.85. The number of rotatable bonds is 2. The normalized spacial score (nSPS) is 30.2. The highest BCUT2D eigenvalue weighted by atomic mass is 32.2. The number of nitrogens with one attached hydrogen (secondary N) is 1. The number of amides is 1. The molecule has 6 heteroatoms. The monoisotopic (exact) mass is 230 g/mol. The Morgan fingerprint density at radius 1 is 1.47 bits per heavy atom. The van der Waals surface area contributed by atoms with E-state index < -0.39 is 27.4 Å². The van der Waals surface area contributed by atoms with Crippen LogP contribution in [0.2, 0.25) is 0 Å². The van der Waals surface area contributed by atoms with E-state index in [-0.39, 0.29) is 0 Å². The molecule has 2 atom stereocenters. The highest BCUT2D eigenvalue weighted by molar-refractivity contribution is 7.89. The van der Waals surface area contributed by atoms with Gasteiger partial charge in [-0.3, -0.25) is 9.52 Å². The van der Waals surface area contributed by atoms with Crippen molar-refractivity contribution in [2.24, 2.45) is 11.7 Å². The first-order chi connectivity index (χ1) is 6.72. The lowest BCUT2D eigenvalue weighted by atomic mass is 9.83. The topological polar surface area (TPSA) is 89.3 Å². The molecule has 0 bridgehead atoms. The molecule has 0 spiro atoms. The minimum absolute atomic E-state index is 0.608. The molecule has 1 rings (SSSR count). The van der Waals surface area contributed by atoms with Crippen molar-refractivity contribution in [2.75, 3.05) is 6.26 Å². The van der Waals surface area contributed by atoms with Gasteiger partial charge in [-0.2, -0.15) is 0 Å². The first kappa shape index (κ1) is 11.9. The van der Waals surface area contributed by atoms with Crippen LogP contribution in [0.15, 0.2) is 24.3 Å². The van der Waals surface area contributed by atoms with Crippen molar-refractivity contribution in [1.29, 1.82) is 0 Å². The fraction of sp³-hybridized carbons (Fsp3) is 0.444. The maximum atomic E-state index is 11.6. The molecule has 0 aromatic heterocycles. The van der Waals surface area contributed by atoms with Crippen molar-refractivity contribution >= 4 is 15.9 Å². The van der Waals surface area contributed by atoms with Crippen molar-refractivity contribution in [2.45, 2.75) is 12.5 Å². The van der Waals surface area contributed by atoms with Crippen molar-refractivity contribution in [1.82, 2.24) is 4.72 Å². The van der Waals surface area contributed by atoms with E-state index in [1.165, 1.54) is 0 Å². The summed E-state index contributed by atoms with van der Waals surface area (Å²) >= 11 is 0. The molecule has 2 unspecified atom stereocenters. The van der Waals surface area contributed by atoms with Gasteiger partial charge in [-0.15, -0.1) is 0 Å². The predicted octanol–water partition coefficient (Wildman–Crippen LogP) is -0.478. The first-order valence-corrected chi connectivity index (χ1v) is 6.28. The largest absolute Gasteiger partial charge is 0.321 e. The molecule has 84 valence electrons. The van der Waals surface area contributed by atoms with Crippen molar-refractivity contribution in [3.8, 4) is 0 Å². The standard InChI is InChI=1S/C9H14N2O3S/c1-9(10)6-4-3-5-7(9)8(12)11-15(2,13)14/h3-7H,10H2,1-2H3,(H,11,12). The molecule has 5 nitrogen and oxygen atoms in total. The minimum atomic E-state index is -3.54. The smallest absolute Gasteiger partial charge is 0.242 e. The summed E-state index contributed by atoms with van der Waals surface area (Å²) in [5, 5.41) is 0. The number of nitrogens with two attached hydrogens (primary N) is 1. The van der Waals surface area contributed by atoms with Gasteiger partial charge in [-0.25, -0.2) is 8.42 Å². The van der Waals surface area contributed by atoms with Gasteiger partial charge in [-0.1, -0.05) is 24.3 Å². The van der Waals surface area contributed by atoms with Crippen LogP contribution in [0.1, 0.15) is 6.92 Å². The number of allylic oxidation sites excluding steroid dienone is 2. The molecule has 0 saturated carbocycles. The van der Waals surface area contributed by atoms with Gasteiger partial charge in [0.25, 0.3) is 0 Å². The van der Waals surface area contributed by atoms with Crippen LogP contribution >= 0.6 is 0 Å². The third-order valence-corrected chi connectivity index (χ3v) is 2.68. The van der Waals surface area contributed by atoms with Crippen LogP contribution in [0.5, 0.6) is 0 Å².